The number of carbonyl (C=O) groups is 1. The zero-order chi connectivity index (χ0) is 16.2. The second kappa shape index (κ2) is 7.45. The first-order chi connectivity index (χ1) is 11.2. The number of hydrogen-bond acceptors (Lipinski definition) is 4. The van der Waals surface area contributed by atoms with Gasteiger partial charge in [0.25, 0.3) is 0 Å². The SMILES string of the molecule is CC(=O)N1CCC(N2CCCC(c3ccn(CCO)n3)C2)CC1. The number of aliphatic hydroxyl groups excluding tert-OH is 1. The van der Waals surface area contributed by atoms with Gasteiger partial charge in [-0.15, -0.1) is 0 Å². The van der Waals surface area contributed by atoms with E-state index in [1.807, 2.05) is 15.8 Å². The molecule has 0 aromatic carbocycles. The number of amides is 1. The van der Waals surface area contributed by atoms with Crippen molar-refractivity contribution in [3.8, 4) is 0 Å². The van der Waals surface area contributed by atoms with Crippen molar-refractivity contribution in [2.24, 2.45) is 0 Å². The Balaban J connectivity index is 1.56. The van der Waals surface area contributed by atoms with E-state index in [-0.39, 0.29) is 12.5 Å². The lowest BCUT2D eigenvalue weighted by atomic mass is 9.92. The van der Waals surface area contributed by atoms with E-state index in [0.717, 1.165) is 38.2 Å². The fourth-order valence-electron chi connectivity index (χ4n) is 3.95. The Bertz CT molecular complexity index is 522. The number of rotatable bonds is 4. The Labute approximate surface area is 138 Å². The number of aromatic nitrogens is 2. The third-order valence-corrected chi connectivity index (χ3v) is 5.29. The molecule has 0 radical (unpaired) electrons. The highest BCUT2D eigenvalue weighted by Gasteiger charge is 2.30. The van der Waals surface area contributed by atoms with Gasteiger partial charge in [0.2, 0.25) is 5.91 Å². The van der Waals surface area contributed by atoms with Crippen LogP contribution in [0.2, 0.25) is 0 Å². The molecule has 6 nitrogen and oxygen atoms in total. The van der Waals surface area contributed by atoms with Crippen LogP contribution in [-0.2, 0) is 11.3 Å². The van der Waals surface area contributed by atoms with Crippen LogP contribution in [0, 0.1) is 0 Å². The summed E-state index contributed by atoms with van der Waals surface area (Å²) in [5.41, 5.74) is 1.16. The van der Waals surface area contributed by atoms with E-state index in [1.54, 1.807) is 6.92 Å². The van der Waals surface area contributed by atoms with Crippen molar-refractivity contribution in [1.29, 1.82) is 0 Å². The van der Waals surface area contributed by atoms with Crippen LogP contribution in [0.3, 0.4) is 0 Å². The molecule has 3 rings (SSSR count). The van der Waals surface area contributed by atoms with Gasteiger partial charge in [0.1, 0.15) is 0 Å². The molecule has 1 amide bonds. The number of hydrogen-bond donors (Lipinski definition) is 1. The van der Waals surface area contributed by atoms with E-state index >= 15 is 0 Å². The van der Waals surface area contributed by atoms with Crippen molar-refractivity contribution in [3.63, 3.8) is 0 Å². The van der Waals surface area contributed by atoms with Crippen molar-refractivity contribution in [2.75, 3.05) is 32.8 Å². The van der Waals surface area contributed by atoms with Crippen LogP contribution in [0.4, 0.5) is 0 Å². The van der Waals surface area contributed by atoms with Crippen LogP contribution in [0.25, 0.3) is 0 Å². The van der Waals surface area contributed by atoms with E-state index < -0.39 is 0 Å². The molecule has 128 valence electrons. The molecule has 2 aliphatic rings. The smallest absolute Gasteiger partial charge is 0.219 e. The number of piperidine rings is 2. The van der Waals surface area contributed by atoms with E-state index in [1.165, 1.54) is 19.4 Å². The van der Waals surface area contributed by atoms with Crippen molar-refractivity contribution >= 4 is 5.91 Å². The molecule has 1 aromatic heterocycles. The molecular weight excluding hydrogens is 292 g/mol. The van der Waals surface area contributed by atoms with Crippen molar-refractivity contribution in [3.05, 3.63) is 18.0 Å². The third-order valence-electron chi connectivity index (χ3n) is 5.29. The largest absolute Gasteiger partial charge is 0.394 e. The van der Waals surface area contributed by atoms with E-state index in [4.69, 9.17) is 5.11 Å². The number of carbonyl (C=O) groups excluding carboxylic acids is 1. The topological polar surface area (TPSA) is 61.6 Å². The highest BCUT2D eigenvalue weighted by Crippen LogP contribution is 2.29. The average molecular weight is 320 g/mol. The number of likely N-dealkylation sites (tertiary alicyclic amines) is 2. The predicted octanol–water partition coefficient (Wildman–Crippen LogP) is 1.07. The van der Waals surface area contributed by atoms with Gasteiger partial charge < -0.3 is 10.0 Å². The zero-order valence-electron chi connectivity index (χ0n) is 14.0. The highest BCUT2D eigenvalue weighted by molar-refractivity contribution is 5.73. The van der Waals surface area contributed by atoms with Crippen molar-refractivity contribution in [2.45, 2.75) is 51.1 Å². The van der Waals surface area contributed by atoms with Gasteiger partial charge in [0, 0.05) is 44.7 Å². The van der Waals surface area contributed by atoms with Gasteiger partial charge in [-0.25, -0.2) is 0 Å². The molecule has 0 spiro atoms. The van der Waals surface area contributed by atoms with Gasteiger partial charge in [-0.2, -0.15) is 5.10 Å². The van der Waals surface area contributed by atoms with Crippen molar-refractivity contribution in [1.82, 2.24) is 19.6 Å². The van der Waals surface area contributed by atoms with Crippen LogP contribution in [0.15, 0.2) is 12.3 Å². The number of aliphatic hydroxyl groups is 1. The minimum atomic E-state index is 0.132. The Morgan fingerprint density at radius 2 is 2.09 bits per heavy atom. The molecule has 0 bridgehead atoms. The molecule has 0 aliphatic carbocycles. The average Bonchev–Trinajstić information content (AvgIpc) is 3.04. The van der Waals surface area contributed by atoms with Crippen LogP contribution >= 0.6 is 0 Å². The van der Waals surface area contributed by atoms with Crippen LogP contribution in [0.1, 0.15) is 44.2 Å². The first-order valence-electron chi connectivity index (χ1n) is 8.81. The van der Waals surface area contributed by atoms with E-state index in [2.05, 4.69) is 16.1 Å². The van der Waals surface area contributed by atoms with Gasteiger partial charge >= 0.3 is 0 Å². The zero-order valence-corrected chi connectivity index (χ0v) is 14.0. The first kappa shape index (κ1) is 16.5. The van der Waals surface area contributed by atoms with Gasteiger partial charge in [0.05, 0.1) is 18.8 Å². The molecule has 1 unspecified atom stereocenters. The Hall–Kier alpha value is -1.40. The molecule has 1 aromatic rings. The summed E-state index contributed by atoms with van der Waals surface area (Å²) in [7, 11) is 0. The molecule has 1 N–H and O–H groups in total. The molecule has 2 saturated heterocycles. The molecule has 3 heterocycles. The summed E-state index contributed by atoms with van der Waals surface area (Å²) in [6, 6.07) is 2.70. The normalized spacial score (nSPS) is 24.1. The quantitative estimate of drug-likeness (QED) is 0.901. The fourth-order valence-corrected chi connectivity index (χ4v) is 3.95. The molecule has 6 heteroatoms. The van der Waals surface area contributed by atoms with Gasteiger partial charge in [0.15, 0.2) is 0 Å². The highest BCUT2D eigenvalue weighted by atomic mass is 16.3. The second-order valence-corrected chi connectivity index (χ2v) is 6.80. The summed E-state index contributed by atoms with van der Waals surface area (Å²) in [5, 5.41) is 13.6. The molecule has 23 heavy (non-hydrogen) atoms. The maximum Gasteiger partial charge on any atom is 0.219 e. The van der Waals surface area contributed by atoms with Crippen LogP contribution in [0.5, 0.6) is 0 Å². The summed E-state index contributed by atoms with van der Waals surface area (Å²) in [5.74, 6) is 0.698. The maximum atomic E-state index is 11.5. The van der Waals surface area contributed by atoms with Crippen LogP contribution in [-0.4, -0.2) is 69.4 Å². The molecule has 1 atom stereocenters. The Kier molecular flexibility index (Phi) is 5.33. The molecular formula is C17H28N4O2. The Morgan fingerprint density at radius 1 is 1.30 bits per heavy atom. The molecule has 0 saturated carbocycles. The van der Waals surface area contributed by atoms with Gasteiger partial charge in [-0.3, -0.25) is 14.4 Å². The summed E-state index contributed by atoms with van der Waals surface area (Å²) in [4.78, 5) is 16.0. The summed E-state index contributed by atoms with van der Waals surface area (Å²) < 4.78 is 1.83. The molecule has 2 fully saturated rings. The van der Waals surface area contributed by atoms with E-state index in [9.17, 15) is 4.79 Å². The maximum absolute atomic E-state index is 11.5. The summed E-state index contributed by atoms with van der Waals surface area (Å²) in [6.45, 7) is 6.39. The fraction of sp³-hybridized carbons (Fsp3) is 0.765. The third kappa shape index (κ3) is 3.93. The monoisotopic (exact) mass is 320 g/mol. The lowest BCUT2D eigenvalue weighted by Crippen LogP contribution is -2.49. The molecule has 2 aliphatic heterocycles. The predicted molar refractivity (Wildman–Crippen MR) is 88.1 cm³/mol. The standard InChI is InChI=1S/C17H28N4O2/c1-14(23)19-8-4-16(5-9-19)20-7-2-3-15(13-20)17-6-10-21(18-17)11-12-22/h6,10,15-16,22H,2-5,7-9,11-13H2,1H3. The van der Waals surface area contributed by atoms with Gasteiger partial charge in [-0.05, 0) is 38.3 Å². The minimum Gasteiger partial charge on any atom is -0.394 e. The summed E-state index contributed by atoms with van der Waals surface area (Å²) in [6.07, 6.45) is 6.55. The van der Waals surface area contributed by atoms with Crippen LogP contribution < -0.4 is 0 Å². The summed E-state index contributed by atoms with van der Waals surface area (Å²) >= 11 is 0. The van der Waals surface area contributed by atoms with E-state index in [0.29, 0.717) is 18.5 Å². The first-order valence-corrected chi connectivity index (χ1v) is 8.81. The lowest BCUT2D eigenvalue weighted by molar-refractivity contribution is -0.130. The second-order valence-electron chi connectivity index (χ2n) is 6.80. The lowest BCUT2D eigenvalue weighted by Gasteiger charge is -2.42. The Morgan fingerprint density at radius 3 is 2.78 bits per heavy atom. The van der Waals surface area contributed by atoms with Crippen molar-refractivity contribution < 1.29 is 9.90 Å². The minimum absolute atomic E-state index is 0.132. The van der Waals surface area contributed by atoms with Gasteiger partial charge in [-0.1, -0.05) is 0 Å². The number of nitrogens with zero attached hydrogens (tertiary/aromatic N) is 4.